The van der Waals surface area contributed by atoms with Crippen molar-refractivity contribution in [2.45, 2.75) is 13.3 Å². The maximum atomic E-state index is 4.14. The van der Waals surface area contributed by atoms with Crippen LogP contribution in [0, 0.1) is 0 Å². The molecule has 0 saturated heterocycles. The van der Waals surface area contributed by atoms with Crippen molar-refractivity contribution in [1.29, 1.82) is 0 Å². The number of aliphatic imine (C=N–C) groups is 1. The van der Waals surface area contributed by atoms with Gasteiger partial charge in [0.1, 0.15) is 0 Å². The van der Waals surface area contributed by atoms with Gasteiger partial charge < -0.3 is 0 Å². The van der Waals surface area contributed by atoms with Crippen LogP contribution in [0.1, 0.15) is 19.0 Å². The van der Waals surface area contributed by atoms with E-state index in [2.05, 4.69) is 22.1 Å². The fourth-order valence-electron chi connectivity index (χ4n) is 0.631. The molecule has 54 valence electrons. The highest BCUT2D eigenvalue weighted by molar-refractivity contribution is 5.76. The van der Waals surface area contributed by atoms with Gasteiger partial charge in [0.2, 0.25) is 0 Å². The Kier molecular flexibility index (Phi) is 2.67. The van der Waals surface area contributed by atoms with Gasteiger partial charge in [-0.1, -0.05) is 6.92 Å². The summed E-state index contributed by atoms with van der Waals surface area (Å²) >= 11 is 0. The Balaban J connectivity index is 2.40. The minimum atomic E-state index is 0.888. The molecule has 10 heavy (non-hydrogen) atoms. The fourth-order valence-corrected chi connectivity index (χ4v) is 0.631. The number of nitrogens with one attached hydrogen (secondary N) is 1. The van der Waals surface area contributed by atoms with Crippen LogP contribution >= 0.6 is 0 Å². The smallest absolute Gasteiger partial charge is 0.0756 e. The summed E-state index contributed by atoms with van der Waals surface area (Å²) < 4.78 is 0. The van der Waals surface area contributed by atoms with Gasteiger partial charge in [0, 0.05) is 19.0 Å². The lowest BCUT2D eigenvalue weighted by Gasteiger charge is -1.83. The third-order valence-corrected chi connectivity index (χ3v) is 1.11. The molecule has 0 aliphatic carbocycles. The van der Waals surface area contributed by atoms with Crippen LogP contribution < -0.4 is 0 Å². The van der Waals surface area contributed by atoms with E-state index in [-0.39, 0.29) is 0 Å². The summed E-state index contributed by atoms with van der Waals surface area (Å²) in [7, 11) is 0. The Morgan fingerprint density at radius 2 is 2.70 bits per heavy atom. The molecule has 1 heterocycles. The van der Waals surface area contributed by atoms with E-state index in [4.69, 9.17) is 0 Å². The zero-order valence-corrected chi connectivity index (χ0v) is 6.04. The Morgan fingerprint density at radius 1 is 1.80 bits per heavy atom. The summed E-state index contributed by atoms with van der Waals surface area (Å²) in [6, 6.07) is 1.89. The van der Waals surface area contributed by atoms with Gasteiger partial charge in [-0.15, -0.1) is 0 Å². The molecule has 0 aliphatic heterocycles. The van der Waals surface area contributed by atoms with Crippen LogP contribution in [-0.2, 0) is 0 Å². The zero-order valence-electron chi connectivity index (χ0n) is 6.04. The lowest BCUT2D eigenvalue weighted by atomic mass is 10.4. The van der Waals surface area contributed by atoms with Gasteiger partial charge in [0.05, 0.1) is 5.69 Å². The average Bonchev–Trinajstić information content (AvgIpc) is 2.41. The van der Waals surface area contributed by atoms with E-state index in [0.717, 1.165) is 18.7 Å². The van der Waals surface area contributed by atoms with Crippen molar-refractivity contribution >= 4 is 6.21 Å². The predicted octanol–water partition coefficient (Wildman–Crippen LogP) is 1.24. The first-order valence-electron chi connectivity index (χ1n) is 3.42. The number of aromatic amines is 1. The normalized spacial score (nSPS) is 10.9. The molecule has 1 aromatic heterocycles. The standard InChI is InChI=1S/C7H11N3/c1-2-4-8-6-7-3-5-9-10-7/h3,5-6H,2,4H2,1H3,(H,9,10). The molecule has 0 unspecified atom stereocenters. The third kappa shape index (κ3) is 2.01. The van der Waals surface area contributed by atoms with Crippen LogP contribution in [-0.4, -0.2) is 23.0 Å². The molecule has 0 aromatic carbocycles. The van der Waals surface area contributed by atoms with Crippen molar-refractivity contribution in [3.05, 3.63) is 18.0 Å². The molecular formula is C7H11N3. The minimum Gasteiger partial charge on any atom is -0.291 e. The highest BCUT2D eigenvalue weighted by atomic mass is 15.1. The quantitative estimate of drug-likeness (QED) is 0.625. The Morgan fingerprint density at radius 3 is 3.30 bits per heavy atom. The van der Waals surface area contributed by atoms with E-state index in [9.17, 15) is 0 Å². The second kappa shape index (κ2) is 3.82. The summed E-state index contributed by atoms with van der Waals surface area (Å²) in [6.07, 6.45) is 4.61. The zero-order chi connectivity index (χ0) is 7.23. The number of H-pyrrole nitrogens is 1. The molecule has 0 saturated carbocycles. The topological polar surface area (TPSA) is 41.0 Å². The molecule has 0 atom stereocenters. The van der Waals surface area contributed by atoms with Crippen LogP contribution in [0.5, 0.6) is 0 Å². The van der Waals surface area contributed by atoms with Crippen LogP contribution in [0.25, 0.3) is 0 Å². The predicted molar refractivity (Wildman–Crippen MR) is 41.3 cm³/mol. The van der Waals surface area contributed by atoms with Crippen molar-refractivity contribution < 1.29 is 0 Å². The molecule has 0 radical (unpaired) electrons. The molecule has 0 amide bonds. The van der Waals surface area contributed by atoms with Gasteiger partial charge in [0.15, 0.2) is 0 Å². The van der Waals surface area contributed by atoms with Gasteiger partial charge in [-0.25, -0.2) is 0 Å². The van der Waals surface area contributed by atoms with Crippen molar-refractivity contribution in [3.63, 3.8) is 0 Å². The lowest BCUT2D eigenvalue weighted by molar-refractivity contribution is 0.935. The average molecular weight is 137 g/mol. The molecule has 0 spiro atoms. The number of aromatic nitrogens is 2. The first-order valence-corrected chi connectivity index (χ1v) is 3.42. The maximum Gasteiger partial charge on any atom is 0.0756 e. The van der Waals surface area contributed by atoms with Crippen LogP contribution in [0.2, 0.25) is 0 Å². The Hall–Kier alpha value is -1.12. The van der Waals surface area contributed by atoms with E-state index in [1.165, 1.54) is 0 Å². The third-order valence-electron chi connectivity index (χ3n) is 1.11. The second-order valence-electron chi connectivity index (χ2n) is 2.05. The van der Waals surface area contributed by atoms with Crippen molar-refractivity contribution in [2.24, 2.45) is 4.99 Å². The highest BCUT2D eigenvalue weighted by Gasteiger charge is 1.83. The fraction of sp³-hybridized carbons (Fsp3) is 0.429. The highest BCUT2D eigenvalue weighted by Crippen LogP contribution is 1.86. The SMILES string of the molecule is CCCN=Cc1ccn[nH]1. The number of hydrogen-bond donors (Lipinski definition) is 1. The summed E-state index contributed by atoms with van der Waals surface area (Å²) in [4.78, 5) is 4.14. The molecule has 3 heteroatoms. The molecule has 0 aliphatic rings. The number of rotatable bonds is 3. The molecule has 1 N–H and O–H groups in total. The van der Waals surface area contributed by atoms with Gasteiger partial charge in [-0.2, -0.15) is 5.10 Å². The van der Waals surface area contributed by atoms with Crippen LogP contribution in [0.4, 0.5) is 0 Å². The first kappa shape index (κ1) is 6.99. The summed E-state index contributed by atoms with van der Waals surface area (Å²) in [5.41, 5.74) is 0.966. The van der Waals surface area contributed by atoms with Gasteiger partial charge in [-0.3, -0.25) is 10.1 Å². The number of hydrogen-bond acceptors (Lipinski definition) is 2. The van der Waals surface area contributed by atoms with E-state index in [0.29, 0.717) is 0 Å². The lowest BCUT2D eigenvalue weighted by Crippen LogP contribution is -1.82. The summed E-state index contributed by atoms with van der Waals surface area (Å²) in [6.45, 7) is 2.99. The molecule has 1 rings (SSSR count). The maximum absolute atomic E-state index is 4.14. The number of nitrogens with zero attached hydrogens (tertiary/aromatic N) is 2. The molecular weight excluding hydrogens is 126 g/mol. The van der Waals surface area contributed by atoms with Crippen LogP contribution in [0.3, 0.4) is 0 Å². The Bertz CT molecular complexity index is 189. The van der Waals surface area contributed by atoms with Gasteiger partial charge in [0.25, 0.3) is 0 Å². The van der Waals surface area contributed by atoms with Gasteiger partial charge >= 0.3 is 0 Å². The van der Waals surface area contributed by atoms with E-state index in [1.807, 2.05) is 6.07 Å². The van der Waals surface area contributed by atoms with Crippen molar-refractivity contribution in [3.8, 4) is 0 Å². The monoisotopic (exact) mass is 137 g/mol. The van der Waals surface area contributed by atoms with Crippen molar-refractivity contribution in [2.75, 3.05) is 6.54 Å². The first-order chi connectivity index (χ1) is 4.93. The van der Waals surface area contributed by atoms with E-state index >= 15 is 0 Å². The molecule has 3 nitrogen and oxygen atoms in total. The van der Waals surface area contributed by atoms with Crippen LogP contribution in [0.15, 0.2) is 17.3 Å². The molecule has 1 aromatic rings. The summed E-state index contributed by atoms with van der Waals surface area (Å²) in [5.74, 6) is 0. The van der Waals surface area contributed by atoms with E-state index in [1.54, 1.807) is 12.4 Å². The van der Waals surface area contributed by atoms with E-state index < -0.39 is 0 Å². The molecule has 0 bridgehead atoms. The summed E-state index contributed by atoms with van der Waals surface area (Å²) in [5, 5.41) is 6.58. The minimum absolute atomic E-state index is 0.888. The van der Waals surface area contributed by atoms with Gasteiger partial charge in [-0.05, 0) is 12.5 Å². The largest absolute Gasteiger partial charge is 0.291 e. The Labute approximate surface area is 60.2 Å². The molecule has 0 fully saturated rings. The second-order valence-corrected chi connectivity index (χ2v) is 2.05. The van der Waals surface area contributed by atoms with Crippen molar-refractivity contribution in [1.82, 2.24) is 10.2 Å².